The van der Waals surface area contributed by atoms with Crippen molar-refractivity contribution in [1.29, 1.82) is 0 Å². The van der Waals surface area contributed by atoms with Crippen molar-refractivity contribution in [3.05, 3.63) is 215 Å². The summed E-state index contributed by atoms with van der Waals surface area (Å²) in [6.45, 7) is -0.214. The molecule has 4 atom stereocenters. The fourth-order valence-electron chi connectivity index (χ4n) is 6.47. The van der Waals surface area contributed by atoms with Crippen molar-refractivity contribution < 1.29 is 50.5 Å². The number of hydrogen-bond donors (Lipinski definition) is 0. The number of hydrogen-bond acceptors (Lipinski definition) is 11. The molecule has 11 nitrogen and oxygen atoms in total. The van der Waals surface area contributed by atoms with Gasteiger partial charge in [0.05, 0.1) is 52.9 Å². The number of benzene rings is 6. The van der Waals surface area contributed by atoms with E-state index in [-0.39, 0.29) is 52.9 Å². The lowest BCUT2D eigenvalue weighted by Gasteiger charge is -2.26. The van der Waals surface area contributed by atoms with E-state index in [2.05, 4.69) is 0 Å². The Hall–Kier alpha value is -4.58. The maximum Gasteiger partial charge on any atom is 0.475 e. The van der Waals surface area contributed by atoms with Crippen molar-refractivity contribution in [2.45, 2.75) is 64.1 Å². The van der Waals surface area contributed by atoms with Gasteiger partial charge in [0.25, 0.3) is 0 Å². The van der Waals surface area contributed by atoms with Crippen LogP contribution in [-0.4, -0.2) is 37.6 Å². The van der Waals surface area contributed by atoms with E-state index in [1.807, 2.05) is 182 Å². The predicted molar refractivity (Wildman–Crippen MR) is 231 cm³/mol. The Balaban J connectivity index is 1.13. The first-order chi connectivity index (χ1) is 29.9. The average molecular weight is 865 g/mol. The zero-order valence-electron chi connectivity index (χ0n) is 33.7. The van der Waals surface area contributed by atoms with E-state index >= 15 is 0 Å². The minimum absolute atomic E-state index is 0.0209. The summed E-state index contributed by atoms with van der Waals surface area (Å²) in [5, 5.41) is 0. The molecule has 6 aromatic rings. The predicted octanol–water partition coefficient (Wildman–Crippen LogP) is 11.0. The molecular formula is C48H50O11P2. The number of rotatable bonds is 24. The summed E-state index contributed by atoms with van der Waals surface area (Å²) in [6.07, 6.45) is -3.32. The standard InChI is InChI=1S/C48H50O11P2/c49-60(53-33-41-23-11-3-12-24-41,54-34-42-25-13-4-14-26-42)57-37-45-47(51-31-39-19-7-1-8-20-39)48(52-32-40-21-9-2-10-22-40)46(59-45)38-58-61(50,55-35-43-27-15-5-16-28-43)56-36-44-29-17-6-18-30-44/h1-30,45-48H,31-38H2. The van der Waals surface area contributed by atoms with Gasteiger partial charge in [-0.05, 0) is 33.4 Å². The van der Waals surface area contributed by atoms with Crippen LogP contribution < -0.4 is 0 Å². The van der Waals surface area contributed by atoms with Gasteiger partial charge in [-0.1, -0.05) is 182 Å². The third kappa shape index (κ3) is 14.2. The second-order valence-corrected chi connectivity index (χ2v) is 17.6. The molecule has 1 heterocycles. The van der Waals surface area contributed by atoms with E-state index in [4.69, 9.17) is 41.4 Å². The van der Waals surface area contributed by atoms with Crippen molar-refractivity contribution >= 4 is 15.6 Å². The van der Waals surface area contributed by atoms with E-state index in [0.717, 1.165) is 33.4 Å². The van der Waals surface area contributed by atoms with Crippen LogP contribution in [0.5, 0.6) is 0 Å². The van der Waals surface area contributed by atoms with E-state index in [9.17, 15) is 9.13 Å². The summed E-state index contributed by atoms with van der Waals surface area (Å²) in [7, 11) is -8.44. The molecule has 4 unspecified atom stereocenters. The minimum atomic E-state index is -4.22. The fourth-order valence-corrected chi connectivity index (χ4v) is 8.81. The Labute approximate surface area is 357 Å². The topological polar surface area (TPSA) is 117 Å². The Morgan fingerprint density at radius 1 is 0.328 bits per heavy atom. The van der Waals surface area contributed by atoms with Crippen LogP contribution in [0.25, 0.3) is 0 Å². The zero-order chi connectivity index (χ0) is 42.0. The summed E-state index contributed by atoms with van der Waals surface area (Å²) in [6, 6.07) is 56.8. The second-order valence-electron chi connectivity index (χ2n) is 14.3. The number of ether oxygens (including phenoxy) is 3. The van der Waals surface area contributed by atoms with Crippen molar-refractivity contribution in [1.82, 2.24) is 0 Å². The molecule has 318 valence electrons. The normalized spacial score (nSPS) is 18.0. The van der Waals surface area contributed by atoms with Gasteiger partial charge in [0.2, 0.25) is 0 Å². The molecule has 13 heteroatoms. The highest BCUT2D eigenvalue weighted by Crippen LogP contribution is 2.53. The van der Waals surface area contributed by atoms with Gasteiger partial charge in [-0.15, -0.1) is 0 Å². The van der Waals surface area contributed by atoms with Crippen LogP contribution in [0.1, 0.15) is 33.4 Å². The molecule has 0 saturated carbocycles. The molecule has 7 rings (SSSR count). The smallest absolute Gasteiger partial charge is 0.368 e. The maximum absolute atomic E-state index is 14.4. The fraction of sp³-hybridized carbons (Fsp3) is 0.250. The summed E-state index contributed by atoms with van der Waals surface area (Å²) >= 11 is 0. The zero-order valence-corrected chi connectivity index (χ0v) is 35.5. The van der Waals surface area contributed by atoms with Crippen molar-refractivity contribution in [2.75, 3.05) is 13.2 Å². The van der Waals surface area contributed by atoms with E-state index < -0.39 is 40.1 Å². The summed E-state index contributed by atoms with van der Waals surface area (Å²) in [5.74, 6) is 0. The first-order valence-corrected chi connectivity index (χ1v) is 23.0. The van der Waals surface area contributed by atoms with Crippen LogP contribution in [0, 0.1) is 0 Å². The van der Waals surface area contributed by atoms with Crippen LogP contribution in [0.3, 0.4) is 0 Å². The van der Waals surface area contributed by atoms with Crippen LogP contribution in [0.2, 0.25) is 0 Å². The van der Waals surface area contributed by atoms with Gasteiger partial charge < -0.3 is 14.2 Å². The highest BCUT2D eigenvalue weighted by molar-refractivity contribution is 7.48. The van der Waals surface area contributed by atoms with Gasteiger partial charge in [-0.3, -0.25) is 27.1 Å². The van der Waals surface area contributed by atoms with Gasteiger partial charge in [0.15, 0.2) is 0 Å². The SMILES string of the molecule is O=P(OCc1ccccc1)(OCc1ccccc1)OCC1OC(COP(=O)(OCc2ccccc2)OCc2ccccc2)C(OCc2ccccc2)C1OCc1ccccc1. The van der Waals surface area contributed by atoms with Gasteiger partial charge in [0.1, 0.15) is 24.4 Å². The molecule has 0 aliphatic carbocycles. The molecule has 0 aromatic heterocycles. The lowest BCUT2D eigenvalue weighted by Crippen LogP contribution is -2.40. The first-order valence-electron chi connectivity index (χ1n) is 20.1. The Morgan fingerprint density at radius 3 is 0.803 bits per heavy atom. The van der Waals surface area contributed by atoms with E-state index in [1.165, 1.54) is 0 Å². The first kappa shape index (κ1) is 44.5. The van der Waals surface area contributed by atoms with Gasteiger partial charge in [-0.2, -0.15) is 0 Å². The maximum atomic E-state index is 14.4. The molecule has 6 aromatic carbocycles. The third-order valence-electron chi connectivity index (χ3n) is 9.70. The van der Waals surface area contributed by atoms with Crippen LogP contribution in [-0.2, 0) is 90.1 Å². The van der Waals surface area contributed by atoms with Gasteiger partial charge in [0, 0.05) is 0 Å². The van der Waals surface area contributed by atoms with Gasteiger partial charge >= 0.3 is 15.6 Å². The molecule has 0 amide bonds. The molecule has 1 saturated heterocycles. The minimum Gasteiger partial charge on any atom is -0.368 e. The van der Waals surface area contributed by atoms with Gasteiger partial charge in [-0.25, -0.2) is 9.13 Å². The largest absolute Gasteiger partial charge is 0.475 e. The molecule has 0 spiro atoms. The highest BCUT2D eigenvalue weighted by Gasteiger charge is 2.49. The van der Waals surface area contributed by atoms with Crippen molar-refractivity contribution in [3.63, 3.8) is 0 Å². The quantitative estimate of drug-likeness (QED) is 0.0541. The molecule has 0 bridgehead atoms. The Morgan fingerprint density at radius 2 is 0.557 bits per heavy atom. The Kier molecular flexibility index (Phi) is 16.8. The summed E-state index contributed by atoms with van der Waals surface area (Å²) < 4.78 is 84.7. The third-order valence-corrected chi connectivity index (χ3v) is 12.4. The van der Waals surface area contributed by atoms with Crippen LogP contribution in [0.15, 0.2) is 182 Å². The van der Waals surface area contributed by atoms with Crippen LogP contribution in [0.4, 0.5) is 0 Å². The number of phosphoric acid groups is 2. The number of phosphoric ester groups is 2. The van der Waals surface area contributed by atoms with Crippen molar-refractivity contribution in [3.8, 4) is 0 Å². The summed E-state index contributed by atoms with van der Waals surface area (Å²) in [5.41, 5.74) is 4.98. The molecule has 61 heavy (non-hydrogen) atoms. The highest BCUT2D eigenvalue weighted by atomic mass is 31.2. The molecule has 1 aliphatic heterocycles. The molecule has 0 N–H and O–H groups in total. The second kappa shape index (κ2) is 23.0. The summed E-state index contributed by atoms with van der Waals surface area (Å²) in [4.78, 5) is 0. The Bertz CT molecular complexity index is 1980. The molecule has 1 aliphatic rings. The lowest BCUT2D eigenvalue weighted by atomic mass is 10.1. The molecule has 1 fully saturated rings. The van der Waals surface area contributed by atoms with E-state index in [0.29, 0.717) is 0 Å². The van der Waals surface area contributed by atoms with Crippen LogP contribution >= 0.6 is 15.6 Å². The monoisotopic (exact) mass is 864 g/mol. The van der Waals surface area contributed by atoms with Crippen molar-refractivity contribution in [2.24, 2.45) is 0 Å². The molecule has 0 radical (unpaired) electrons. The lowest BCUT2D eigenvalue weighted by molar-refractivity contribution is -0.0859. The van der Waals surface area contributed by atoms with E-state index in [1.54, 1.807) is 0 Å². The average Bonchev–Trinajstić information content (AvgIpc) is 3.66. The molecular weight excluding hydrogens is 814 g/mol.